The molecule has 9 nitrogen and oxygen atoms in total. The van der Waals surface area contributed by atoms with Crippen molar-refractivity contribution in [3.8, 4) is 0 Å². The first-order chi connectivity index (χ1) is 16.3. The molecule has 1 rings (SSSR count). The molecule has 0 fully saturated rings. The highest BCUT2D eigenvalue weighted by Crippen LogP contribution is 2.14. The van der Waals surface area contributed by atoms with Gasteiger partial charge in [0.2, 0.25) is 24.1 Å². The maximum atomic E-state index is 13.3. The molecule has 4 atom stereocenters. The molecule has 0 aliphatic carbocycles. The Bertz CT molecular complexity index is 889. The highest BCUT2D eigenvalue weighted by molar-refractivity contribution is 5.94. The van der Waals surface area contributed by atoms with E-state index in [4.69, 9.17) is 0 Å². The summed E-state index contributed by atoms with van der Waals surface area (Å²) in [4.78, 5) is 66.6. The number of hydrogen-bond donors (Lipinski definition) is 1. The van der Waals surface area contributed by atoms with E-state index >= 15 is 0 Å². The van der Waals surface area contributed by atoms with Crippen LogP contribution in [0.25, 0.3) is 0 Å². The zero-order valence-electron chi connectivity index (χ0n) is 22.1. The quantitative estimate of drug-likeness (QED) is 0.424. The van der Waals surface area contributed by atoms with Crippen molar-refractivity contribution < 1.29 is 24.0 Å². The molecule has 4 amide bonds. The van der Waals surface area contributed by atoms with Crippen LogP contribution in [0.1, 0.15) is 46.6 Å². The molecule has 35 heavy (non-hydrogen) atoms. The highest BCUT2D eigenvalue weighted by atomic mass is 16.2. The summed E-state index contributed by atoms with van der Waals surface area (Å²) in [5.74, 6) is -1.19. The van der Waals surface area contributed by atoms with Gasteiger partial charge in [0, 0.05) is 27.6 Å². The molecule has 1 N–H and O–H groups in total. The van der Waals surface area contributed by atoms with E-state index in [0.717, 1.165) is 5.56 Å². The Morgan fingerprint density at radius 3 is 1.91 bits per heavy atom. The van der Waals surface area contributed by atoms with Gasteiger partial charge in [0.1, 0.15) is 18.1 Å². The summed E-state index contributed by atoms with van der Waals surface area (Å²) in [5.41, 5.74) is 0.841. The van der Waals surface area contributed by atoms with Crippen molar-refractivity contribution in [3.05, 3.63) is 35.9 Å². The van der Waals surface area contributed by atoms with Crippen LogP contribution in [0.2, 0.25) is 0 Å². The molecule has 0 radical (unpaired) electrons. The van der Waals surface area contributed by atoms with Crippen LogP contribution in [-0.4, -0.2) is 89.9 Å². The van der Waals surface area contributed by atoms with Gasteiger partial charge in [0.15, 0.2) is 5.78 Å². The van der Waals surface area contributed by atoms with E-state index in [0.29, 0.717) is 12.8 Å². The summed E-state index contributed by atoms with van der Waals surface area (Å²) in [7, 11) is 4.57. The number of nitrogens with one attached hydrogen (secondary N) is 1. The Labute approximate surface area is 208 Å². The Kier molecular flexibility index (Phi) is 11.6. The minimum Gasteiger partial charge on any atom is -0.343 e. The third-order valence-corrected chi connectivity index (χ3v) is 6.23. The Morgan fingerprint density at radius 1 is 0.886 bits per heavy atom. The second kappa shape index (κ2) is 13.6. The first kappa shape index (κ1) is 29.8. The molecule has 0 heterocycles. The third kappa shape index (κ3) is 8.49. The number of benzene rings is 1. The van der Waals surface area contributed by atoms with E-state index in [1.54, 1.807) is 20.9 Å². The van der Waals surface area contributed by atoms with Gasteiger partial charge in [-0.25, -0.2) is 0 Å². The predicted octanol–water partition coefficient (Wildman–Crippen LogP) is 1.50. The van der Waals surface area contributed by atoms with E-state index < -0.39 is 36.0 Å². The lowest BCUT2D eigenvalue weighted by atomic mass is 9.99. The molecular formula is C26H40N4O5. The van der Waals surface area contributed by atoms with Crippen LogP contribution in [0, 0.1) is 5.92 Å². The number of ketones is 1. The Hall–Kier alpha value is -3.23. The summed E-state index contributed by atoms with van der Waals surface area (Å²) in [6.45, 7) is 8.55. The van der Waals surface area contributed by atoms with Crippen molar-refractivity contribution in [3.63, 3.8) is 0 Å². The van der Waals surface area contributed by atoms with Crippen LogP contribution in [-0.2, 0) is 30.4 Å². The zero-order chi connectivity index (χ0) is 26.9. The minimum absolute atomic E-state index is 0.117. The first-order valence-electron chi connectivity index (χ1n) is 11.9. The molecule has 0 aliphatic rings. The van der Waals surface area contributed by atoms with Crippen molar-refractivity contribution in [2.24, 2.45) is 5.92 Å². The number of amides is 4. The second-order valence-electron chi connectivity index (χ2n) is 9.54. The van der Waals surface area contributed by atoms with Crippen molar-refractivity contribution in [1.29, 1.82) is 0 Å². The summed E-state index contributed by atoms with van der Waals surface area (Å²) < 4.78 is 0. The number of rotatable bonds is 13. The van der Waals surface area contributed by atoms with E-state index in [2.05, 4.69) is 5.32 Å². The zero-order valence-corrected chi connectivity index (χ0v) is 22.1. The normalized spacial score (nSPS) is 14.3. The molecule has 1 unspecified atom stereocenters. The molecule has 0 spiro atoms. The van der Waals surface area contributed by atoms with Gasteiger partial charge < -0.3 is 20.0 Å². The highest BCUT2D eigenvalue weighted by Gasteiger charge is 2.34. The van der Waals surface area contributed by atoms with E-state index in [9.17, 15) is 24.0 Å². The molecule has 1 aromatic rings. The van der Waals surface area contributed by atoms with Gasteiger partial charge >= 0.3 is 0 Å². The number of likely N-dealkylation sites (N-methyl/N-ethyl adjacent to an activating group) is 3. The molecule has 194 valence electrons. The van der Waals surface area contributed by atoms with Crippen molar-refractivity contribution in [2.75, 3.05) is 21.1 Å². The number of carbonyl (C=O) groups is 5. The van der Waals surface area contributed by atoms with Crippen LogP contribution < -0.4 is 5.32 Å². The minimum atomic E-state index is -0.910. The van der Waals surface area contributed by atoms with Crippen molar-refractivity contribution in [1.82, 2.24) is 20.0 Å². The lowest BCUT2D eigenvalue weighted by molar-refractivity contribution is -0.145. The van der Waals surface area contributed by atoms with Crippen LogP contribution in [0.4, 0.5) is 0 Å². The lowest BCUT2D eigenvalue weighted by Gasteiger charge is -2.33. The van der Waals surface area contributed by atoms with Crippen LogP contribution in [0.5, 0.6) is 0 Å². The standard InChI is InChI=1S/C26H40N4O5/c1-17(2)14-22(20(5)32)29(7)25(34)18(3)27-24(33)23(15-21-12-10-9-11-13-21)30(8)26(35)19(4)28(6)16-31/h9-13,16-19,22-23H,14-15H2,1-8H3,(H,27,33)/t18?,19-,22-,23-/m0/s1. The monoisotopic (exact) mass is 488 g/mol. The predicted molar refractivity (Wildman–Crippen MR) is 134 cm³/mol. The van der Waals surface area contributed by atoms with E-state index in [-0.39, 0.29) is 24.0 Å². The van der Waals surface area contributed by atoms with Crippen molar-refractivity contribution >= 4 is 29.9 Å². The topological polar surface area (TPSA) is 107 Å². The average Bonchev–Trinajstić information content (AvgIpc) is 2.83. The SMILES string of the molecule is CC(=O)[C@H](CC(C)C)N(C)C(=O)C(C)NC(=O)[C@H](Cc1ccccc1)N(C)C(=O)[C@H](C)N(C)C=O. The summed E-state index contributed by atoms with van der Waals surface area (Å²) in [6.07, 6.45) is 1.31. The maximum absolute atomic E-state index is 13.3. The van der Waals surface area contributed by atoms with Gasteiger partial charge in [-0.3, -0.25) is 24.0 Å². The van der Waals surface area contributed by atoms with Gasteiger partial charge in [0.05, 0.1) is 6.04 Å². The molecular weight excluding hydrogens is 448 g/mol. The molecule has 0 bridgehead atoms. The number of Topliss-reactive ketones (excluding diaryl/α,β-unsaturated/α-hetero) is 1. The molecule has 9 heteroatoms. The van der Waals surface area contributed by atoms with Gasteiger partial charge in [-0.05, 0) is 38.7 Å². The van der Waals surface area contributed by atoms with E-state index in [1.807, 2.05) is 44.2 Å². The molecule has 0 saturated carbocycles. The first-order valence-corrected chi connectivity index (χ1v) is 11.9. The molecule has 0 aliphatic heterocycles. The van der Waals surface area contributed by atoms with Crippen LogP contribution >= 0.6 is 0 Å². The Morgan fingerprint density at radius 2 is 1.43 bits per heavy atom. The van der Waals surface area contributed by atoms with Gasteiger partial charge in [-0.1, -0.05) is 44.2 Å². The fraction of sp³-hybridized carbons (Fsp3) is 0.577. The Balaban J connectivity index is 3.11. The number of carbonyl (C=O) groups excluding carboxylic acids is 5. The number of hydrogen-bond acceptors (Lipinski definition) is 5. The third-order valence-electron chi connectivity index (χ3n) is 6.23. The second-order valence-corrected chi connectivity index (χ2v) is 9.54. The average molecular weight is 489 g/mol. The molecule has 0 saturated heterocycles. The number of nitrogens with zero attached hydrogens (tertiary/aromatic N) is 3. The fourth-order valence-electron chi connectivity index (χ4n) is 3.83. The van der Waals surface area contributed by atoms with Gasteiger partial charge in [-0.15, -0.1) is 0 Å². The van der Waals surface area contributed by atoms with E-state index in [1.165, 1.54) is 35.7 Å². The maximum Gasteiger partial charge on any atom is 0.245 e. The lowest BCUT2D eigenvalue weighted by Crippen LogP contribution is -2.57. The molecule has 1 aromatic carbocycles. The van der Waals surface area contributed by atoms with Crippen LogP contribution in [0.3, 0.4) is 0 Å². The summed E-state index contributed by atoms with van der Waals surface area (Å²) in [5, 5.41) is 2.73. The van der Waals surface area contributed by atoms with Gasteiger partial charge in [-0.2, -0.15) is 0 Å². The van der Waals surface area contributed by atoms with Gasteiger partial charge in [0.25, 0.3) is 0 Å². The smallest absolute Gasteiger partial charge is 0.245 e. The van der Waals surface area contributed by atoms with Crippen LogP contribution in [0.15, 0.2) is 30.3 Å². The largest absolute Gasteiger partial charge is 0.343 e. The van der Waals surface area contributed by atoms with Crippen molar-refractivity contribution in [2.45, 2.75) is 71.6 Å². The summed E-state index contributed by atoms with van der Waals surface area (Å²) >= 11 is 0. The molecule has 0 aromatic heterocycles. The fourth-order valence-corrected chi connectivity index (χ4v) is 3.83. The summed E-state index contributed by atoms with van der Waals surface area (Å²) in [6, 6.07) is 6.08.